The van der Waals surface area contributed by atoms with Gasteiger partial charge < -0.3 is 20.8 Å². The zero-order valence-electron chi connectivity index (χ0n) is 12.2. The predicted octanol–water partition coefficient (Wildman–Crippen LogP) is 2.65. The second-order valence-corrected chi connectivity index (χ2v) is 5.76. The lowest BCUT2D eigenvalue weighted by atomic mass is 9.69. The number of rotatable bonds is 4. The summed E-state index contributed by atoms with van der Waals surface area (Å²) in [7, 11) is 0. The minimum absolute atomic E-state index is 0.285. The molecule has 0 radical (unpaired) electrons. The summed E-state index contributed by atoms with van der Waals surface area (Å²) in [5, 5.41) is 14.1. The number of halogens is 1. The van der Waals surface area contributed by atoms with Gasteiger partial charge in [-0.25, -0.2) is 4.39 Å². The number of hydrogen-bond acceptors (Lipinski definition) is 4. The Labute approximate surface area is 128 Å². The first-order chi connectivity index (χ1) is 10.7. The Morgan fingerprint density at radius 2 is 2.09 bits per heavy atom. The average molecular weight is 299 g/mol. The molecule has 1 aliphatic heterocycles. The summed E-state index contributed by atoms with van der Waals surface area (Å²) in [5.74, 6) is -0.285. The van der Waals surface area contributed by atoms with Crippen LogP contribution in [0.1, 0.15) is 12.8 Å². The molecule has 1 heterocycles. The second-order valence-electron chi connectivity index (χ2n) is 5.76. The van der Waals surface area contributed by atoms with Crippen molar-refractivity contribution in [3.63, 3.8) is 0 Å². The summed E-state index contributed by atoms with van der Waals surface area (Å²) in [6, 6.07) is 6.10. The van der Waals surface area contributed by atoms with Crippen molar-refractivity contribution in [3.8, 4) is 0 Å². The quantitative estimate of drug-likeness (QED) is 0.591. The molecule has 1 aromatic carbocycles. The Bertz CT molecular complexity index is 663. The van der Waals surface area contributed by atoms with Crippen molar-refractivity contribution in [3.05, 3.63) is 53.0 Å². The SMILES string of the molecule is N=CC1=C(Nc2ccc(F)cc2)C=C2CCNCC2(C=O)C1. The topological polar surface area (TPSA) is 65.0 Å². The fraction of sp³-hybridized carbons (Fsp3) is 0.294. The van der Waals surface area contributed by atoms with Crippen molar-refractivity contribution in [2.75, 3.05) is 18.4 Å². The largest absolute Gasteiger partial charge is 0.355 e. The van der Waals surface area contributed by atoms with Crippen molar-refractivity contribution in [1.29, 1.82) is 5.41 Å². The van der Waals surface area contributed by atoms with Gasteiger partial charge in [-0.15, -0.1) is 0 Å². The van der Waals surface area contributed by atoms with Crippen molar-refractivity contribution in [2.45, 2.75) is 12.8 Å². The van der Waals surface area contributed by atoms with Crippen LogP contribution in [-0.2, 0) is 4.79 Å². The molecule has 1 saturated heterocycles. The first-order valence-corrected chi connectivity index (χ1v) is 7.31. The highest BCUT2D eigenvalue weighted by atomic mass is 19.1. The molecule has 0 bridgehead atoms. The van der Waals surface area contributed by atoms with Gasteiger partial charge in [0.2, 0.25) is 0 Å². The Kier molecular flexibility index (Phi) is 3.90. The normalized spacial score (nSPS) is 24.3. The summed E-state index contributed by atoms with van der Waals surface area (Å²) < 4.78 is 13.0. The molecule has 0 amide bonds. The van der Waals surface area contributed by atoms with Crippen LogP contribution >= 0.6 is 0 Å². The average Bonchev–Trinajstić information content (AvgIpc) is 2.56. The van der Waals surface area contributed by atoms with Crippen LogP contribution in [0.15, 0.2) is 47.2 Å². The molecule has 1 aromatic rings. The number of fused-ring (bicyclic) bond motifs is 1. The van der Waals surface area contributed by atoms with Crippen LogP contribution in [0.5, 0.6) is 0 Å². The van der Waals surface area contributed by atoms with Gasteiger partial charge in [-0.1, -0.05) is 5.57 Å². The van der Waals surface area contributed by atoms with Crippen LogP contribution in [0, 0.1) is 16.6 Å². The zero-order valence-corrected chi connectivity index (χ0v) is 12.2. The summed E-state index contributed by atoms with van der Waals surface area (Å²) >= 11 is 0. The number of carbonyl (C=O) groups is 1. The zero-order chi connectivity index (χ0) is 15.6. The van der Waals surface area contributed by atoms with E-state index in [-0.39, 0.29) is 5.82 Å². The van der Waals surface area contributed by atoms with Crippen molar-refractivity contribution in [1.82, 2.24) is 5.32 Å². The molecule has 0 spiro atoms. The van der Waals surface area contributed by atoms with Crippen LogP contribution in [0.4, 0.5) is 10.1 Å². The van der Waals surface area contributed by atoms with Crippen molar-refractivity contribution < 1.29 is 9.18 Å². The number of aldehydes is 1. The number of nitrogens with one attached hydrogen (secondary N) is 3. The van der Waals surface area contributed by atoms with E-state index in [1.165, 1.54) is 18.3 Å². The Morgan fingerprint density at radius 3 is 2.77 bits per heavy atom. The monoisotopic (exact) mass is 299 g/mol. The maximum absolute atomic E-state index is 13.0. The smallest absolute Gasteiger partial charge is 0.131 e. The first kappa shape index (κ1) is 14.7. The van der Waals surface area contributed by atoms with Crippen LogP contribution in [0.3, 0.4) is 0 Å². The number of carbonyl (C=O) groups excluding carboxylic acids is 1. The number of piperidine rings is 1. The van der Waals surface area contributed by atoms with E-state index in [2.05, 4.69) is 10.6 Å². The summed E-state index contributed by atoms with van der Waals surface area (Å²) in [6.07, 6.45) is 5.60. The fourth-order valence-corrected chi connectivity index (χ4v) is 3.08. The fourth-order valence-electron chi connectivity index (χ4n) is 3.08. The first-order valence-electron chi connectivity index (χ1n) is 7.31. The van der Waals surface area contributed by atoms with Crippen molar-refractivity contribution >= 4 is 18.2 Å². The third-order valence-corrected chi connectivity index (χ3v) is 4.34. The molecular formula is C17H18FN3O. The van der Waals surface area contributed by atoms with E-state index in [1.807, 2.05) is 6.08 Å². The highest BCUT2D eigenvalue weighted by Crippen LogP contribution is 2.41. The minimum atomic E-state index is -0.529. The van der Waals surface area contributed by atoms with E-state index in [0.717, 1.165) is 41.8 Å². The molecule has 1 aliphatic carbocycles. The summed E-state index contributed by atoms with van der Waals surface area (Å²) in [4.78, 5) is 11.6. The van der Waals surface area contributed by atoms with Crippen LogP contribution in [-0.4, -0.2) is 25.6 Å². The van der Waals surface area contributed by atoms with Gasteiger partial charge in [-0.05, 0) is 55.3 Å². The van der Waals surface area contributed by atoms with Gasteiger partial charge in [0.1, 0.15) is 12.1 Å². The molecular weight excluding hydrogens is 281 g/mol. The molecule has 0 aromatic heterocycles. The lowest BCUT2D eigenvalue weighted by Crippen LogP contribution is -2.45. The maximum Gasteiger partial charge on any atom is 0.131 e. The van der Waals surface area contributed by atoms with E-state index >= 15 is 0 Å². The summed E-state index contributed by atoms with van der Waals surface area (Å²) in [6.45, 7) is 1.47. The van der Waals surface area contributed by atoms with Gasteiger partial charge in [-0.2, -0.15) is 0 Å². The molecule has 4 nitrogen and oxygen atoms in total. The minimum Gasteiger partial charge on any atom is -0.355 e. The number of anilines is 1. The third-order valence-electron chi connectivity index (χ3n) is 4.34. The number of allylic oxidation sites excluding steroid dienone is 2. The van der Waals surface area contributed by atoms with Gasteiger partial charge in [-0.3, -0.25) is 0 Å². The van der Waals surface area contributed by atoms with Crippen LogP contribution in [0.25, 0.3) is 0 Å². The number of benzene rings is 1. The molecule has 3 N–H and O–H groups in total. The lowest BCUT2D eigenvalue weighted by Gasteiger charge is -2.39. The standard InChI is InChI=1S/C17H18FN3O/c18-14-1-3-15(4-2-14)21-16-7-13-5-6-20-10-17(13,11-22)8-12(16)9-19/h1-4,7,9,11,19-21H,5-6,8,10H2. The Hall–Kier alpha value is -2.27. The molecule has 22 heavy (non-hydrogen) atoms. The maximum atomic E-state index is 13.0. The van der Waals surface area contributed by atoms with Gasteiger partial charge >= 0.3 is 0 Å². The van der Waals surface area contributed by atoms with Crippen molar-refractivity contribution in [2.24, 2.45) is 5.41 Å². The molecule has 5 heteroatoms. The predicted molar refractivity (Wildman–Crippen MR) is 84.5 cm³/mol. The molecule has 1 atom stereocenters. The van der Waals surface area contributed by atoms with Gasteiger partial charge in [0.15, 0.2) is 0 Å². The molecule has 0 saturated carbocycles. The summed E-state index contributed by atoms with van der Waals surface area (Å²) in [5.41, 5.74) is 2.93. The highest BCUT2D eigenvalue weighted by molar-refractivity contribution is 5.84. The van der Waals surface area contributed by atoms with E-state index in [4.69, 9.17) is 5.41 Å². The van der Waals surface area contributed by atoms with E-state index in [1.54, 1.807) is 12.1 Å². The van der Waals surface area contributed by atoms with Gasteiger partial charge in [0.25, 0.3) is 0 Å². The number of hydrogen-bond donors (Lipinski definition) is 3. The molecule has 3 rings (SSSR count). The lowest BCUT2D eigenvalue weighted by molar-refractivity contribution is -0.114. The van der Waals surface area contributed by atoms with E-state index in [9.17, 15) is 9.18 Å². The highest BCUT2D eigenvalue weighted by Gasteiger charge is 2.39. The third kappa shape index (κ3) is 2.60. The van der Waals surface area contributed by atoms with E-state index in [0.29, 0.717) is 13.0 Å². The van der Waals surface area contributed by atoms with E-state index < -0.39 is 5.41 Å². The van der Waals surface area contributed by atoms with Gasteiger partial charge in [0, 0.05) is 24.1 Å². The molecule has 1 fully saturated rings. The van der Waals surface area contributed by atoms with Crippen LogP contribution in [0.2, 0.25) is 0 Å². The molecule has 1 unspecified atom stereocenters. The molecule has 114 valence electrons. The van der Waals surface area contributed by atoms with Crippen LogP contribution < -0.4 is 10.6 Å². The molecule has 2 aliphatic rings. The Morgan fingerprint density at radius 1 is 1.32 bits per heavy atom. The second kappa shape index (κ2) is 5.85. The van der Waals surface area contributed by atoms with Gasteiger partial charge in [0.05, 0.1) is 5.41 Å². The Balaban J connectivity index is 1.94.